The van der Waals surface area contributed by atoms with Crippen molar-refractivity contribution in [3.05, 3.63) is 12.2 Å². The fraction of sp³-hybridized carbons (Fsp3) is 0.500. The van der Waals surface area contributed by atoms with Crippen LogP contribution in [0.15, 0.2) is 12.2 Å². The first-order chi connectivity index (χ1) is 4.18. The third-order valence-electron chi connectivity index (χ3n) is 0.768. The lowest BCUT2D eigenvalue weighted by Gasteiger charge is -1.99. The topological polar surface area (TPSA) is 29.1 Å². The standard InChI is InChI=1S/C6H10ClNO/c1-5(2)6(9)8-4-3-7/h1,3-4H2,2H3,(H,8,9). The number of carbonyl (C=O) groups excluding carboxylic acids is 1. The van der Waals surface area contributed by atoms with Crippen molar-refractivity contribution >= 4 is 17.5 Å². The van der Waals surface area contributed by atoms with Gasteiger partial charge in [0.1, 0.15) is 0 Å². The zero-order valence-corrected chi connectivity index (χ0v) is 6.16. The molecule has 0 heterocycles. The number of hydrogen-bond acceptors (Lipinski definition) is 1. The van der Waals surface area contributed by atoms with Gasteiger partial charge in [-0.3, -0.25) is 4.79 Å². The molecule has 0 aliphatic carbocycles. The maximum Gasteiger partial charge on any atom is 0.246 e. The van der Waals surface area contributed by atoms with Crippen LogP contribution in [0.2, 0.25) is 0 Å². The first-order valence-electron chi connectivity index (χ1n) is 2.68. The van der Waals surface area contributed by atoms with Gasteiger partial charge in [0, 0.05) is 18.0 Å². The van der Waals surface area contributed by atoms with Crippen LogP contribution < -0.4 is 5.32 Å². The van der Waals surface area contributed by atoms with Crippen molar-refractivity contribution in [2.75, 3.05) is 12.4 Å². The summed E-state index contributed by atoms with van der Waals surface area (Å²) in [6, 6.07) is 0. The summed E-state index contributed by atoms with van der Waals surface area (Å²) < 4.78 is 0. The van der Waals surface area contributed by atoms with Crippen LogP contribution in [0, 0.1) is 0 Å². The molecule has 3 heteroatoms. The van der Waals surface area contributed by atoms with Gasteiger partial charge < -0.3 is 5.32 Å². The minimum absolute atomic E-state index is 0.129. The van der Waals surface area contributed by atoms with Crippen LogP contribution in [-0.2, 0) is 4.79 Å². The fourth-order valence-corrected chi connectivity index (χ4v) is 0.406. The lowest BCUT2D eigenvalue weighted by molar-refractivity contribution is -0.117. The van der Waals surface area contributed by atoms with Gasteiger partial charge in [-0.15, -0.1) is 11.6 Å². The monoisotopic (exact) mass is 147 g/mol. The summed E-state index contributed by atoms with van der Waals surface area (Å²) in [5.74, 6) is 0.314. The van der Waals surface area contributed by atoms with E-state index in [0.717, 1.165) is 0 Å². The van der Waals surface area contributed by atoms with Gasteiger partial charge in [-0.1, -0.05) is 6.58 Å². The molecule has 52 valence electrons. The summed E-state index contributed by atoms with van der Waals surface area (Å²) in [5, 5.41) is 2.56. The Hall–Kier alpha value is -0.500. The van der Waals surface area contributed by atoms with Crippen molar-refractivity contribution in [2.24, 2.45) is 0 Å². The zero-order chi connectivity index (χ0) is 7.28. The first-order valence-corrected chi connectivity index (χ1v) is 3.21. The van der Waals surface area contributed by atoms with Crippen molar-refractivity contribution in [3.63, 3.8) is 0 Å². The number of amides is 1. The Morgan fingerprint density at radius 1 is 1.78 bits per heavy atom. The number of carbonyl (C=O) groups is 1. The molecule has 0 saturated carbocycles. The van der Waals surface area contributed by atoms with Crippen LogP contribution in [0.4, 0.5) is 0 Å². The van der Waals surface area contributed by atoms with Gasteiger partial charge in [-0.25, -0.2) is 0 Å². The van der Waals surface area contributed by atoms with E-state index in [9.17, 15) is 4.79 Å². The van der Waals surface area contributed by atoms with E-state index in [2.05, 4.69) is 11.9 Å². The van der Waals surface area contributed by atoms with Gasteiger partial charge in [0.15, 0.2) is 0 Å². The van der Waals surface area contributed by atoms with Crippen molar-refractivity contribution < 1.29 is 4.79 Å². The summed E-state index contributed by atoms with van der Waals surface area (Å²) in [6.45, 7) is 5.62. The molecule has 9 heavy (non-hydrogen) atoms. The molecule has 0 aromatic heterocycles. The highest BCUT2D eigenvalue weighted by atomic mass is 35.5. The van der Waals surface area contributed by atoms with Gasteiger partial charge >= 0.3 is 0 Å². The summed E-state index contributed by atoms with van der Waals surface area (Å²) in [6.07, 6.45) is 0. The molecule has 2 nitrogen and oxygen atoms in total. The molecule has 0 aliphatic rings. The van der Waals surface area contributed by atoms with Crippen molar-refractivity contribution in [1.82, 2.24) is 5.32 Å². The Morgan fingerprint density at radius 3 is 2.67 bits per heavy atom. The predicted molar refractivity (Wildman–Crippen MR) is 38.5 cm³/mol. The van der Waals surface area contributed by atoms with Crippen LogP contribution in [0.5, 0.6) is 0 Å². The molecule has 0 radical (unpaired) electrons. The maximum atomic E-state index is 10.6. The van der Waals surface area contributed by atoms with Crippen LogP contribution >= 0.6 is 11.6 Å². The molecule has 0 unspecified atom stereocenters. The van der Waals surface area contributed by atoms with Crippen LogP contribution in [0.1, 0.15) is 6.92 Å². The molecule has 0 aromatic carbocycles. The number of halogens is 1. The number of hydrogen-bond donors (Lipinski definition) is 1. The molecule has 0 bridgehead atoms. The molecule has 0 aliphatic heterocycles. The lowest BCUT2D eigenvalue weighted by Crippen LogP contribution is -2.25. The second-order valence-electron chi connectivity index (χ2n) is 1.73. The van der Waals surface area contributed by atoms with Crippen molar-refractivity contribution in [1.29, 1.82) is 0 Å². The molecule has 0 rings (SSSR count). The molecule has 1 N–H and O–H groups in total. The highest BCUT2D eigenvalue weighted by Gasteiger charge is 1.97. The highest BCUT2D eigenvalue weighted by Crippen LogP contribution is 1.84. The molecule has 0 aromatic rings. The molecule has 0 fully saturated rings. The Bertz CT molecular complexity index is 122. The Balaban J connectivity index is 3.39. The van der Waals surface area contributed by atoms with E-state index in [1.165, 1.54) is 0 Å². The van der Waals surface area contributed by atoms with Gasteiger partial charge in [-0.05, 0) is 6.92 Å². The van der Waals surface area contributed by atoms with Crippen molar-refractivity contribution in [3.8, 4) is 0 Å². The maximum absolute atomic E-state index is 10.6. The van der Waals surface area contributed by atoms with E-state index in [1.807, 2.05) is 0 Å². The smallest absolute Gasteiger partial charge is 0.246 e. The highest BCUT2D eigenvalue weighted by molar-refractivity contribution is 6.18. The average Bonchev–Trinajstić information content (AvgIpc) is 1.82. The molecular weight excluding hydrogens is 138 g/mol. The molecule has 0 spiro atoms. The summed E-state index contributed by atoms with van der Waals surface area (Å²) in [7, 11) is 0. The zero-order valence-electron chi connectivity index (χ0n) is 5.41. The SMILES string of the molecule is C=C(C)C(=O)NCCCl. The fourth-order valence-electron chi connectivity index (χ4n) is 0.312. The molecular formula is C6H10ClNO. The quantitative estimate of drug-likeness (QED) is 0.467. The molecule has 0 atom stereocenters. The van der Waals surface area contributed by atoms with Gasteiger partial charge in [-0.2, -0.15) is 0 Å². The minimum Gasteiger partial charge on any atom is -0.351 e. The summed E-state index contributed by atoms with van der Waals surface area (Å²) in [5.41, 5.74) is 0.514. The Kier molecular flexibility index (Phi) is 4.14. The van der Waals surface area contributed by atoms with Crippen molar-refractivity contribution in [2.45, 2.75) is 6.92 Å². The van der Waals surface area contributed by atoms with E-state index in [1.54, 1.807) is 6.92 Å². The van der Waals surface area contributed by atoms with Crippen LogP contribution in [0.25, 0.3) is 0 Å². The van der Waals surface area contributed by atoms with E-state index in [4.69, 9.17) is 11.6 Å². The minimum atomic E-state index is -0.129. The van der Waals surface area contributed by atoms with E-state index in [-0.39, 0.29) is 5.91 Å². The number of alkyl halides is 1. The second kappa shape index (κ2) is 4.39. The lowest BCUT2D eigenvalue weighted by atomic mass is 10.3. The van der Waals surface area contributed by atoms with E-state index < -0.39 is 0 Å². The van der Waals surface area contributed by atoms with Gasteiger partial charge in [0.05, 0.1) is 0 Å². The summed E-state index contributed by atoms with van der Waals surface area (Å²) in [4.78, 5) is 10.6. The summed E-state index contributed by atoms with van der Waals surface area (Å²) >= 11 is 5.31. The third-order valence-corrected chi connectivity index (χ3v) is 0.957. The largest absolute Gasteiger partial charge is 0.351 e. The molecule has 1 amide bonds. The Labute approximate surface area is 59.9 Å². The molecule has 0 saturated heterocycles. The number of rotatable bonds is 3. The third kappa shape index (κ3) is 4.03. The predicted octanol–water partition coefficient (Wildman–Crippen LogP) is 0.917. The average molecular weight is 148 g/mol. The van der Waals surface area contributed by atoms with E-state index >= 15 is 0 Å². The first kappa shape index (κ1) is 8.50. The Morgan fingerprint density at radius 2 is 2.33 bits per heavy atom. The van der Waals surface area contributed by atoms with Gasteiger partial charge in [0.25, 0.3) is 0 Å². The normalized spacial score (nSPS) is 8.67. The van der Waals surface area contributed by atoms with Crippen LogP contribution in [0.3, 0.4) is 0 Å². The van der Waals surface area contributed by atoms with Crippen LogP contribution in [-0.4, -0.2) is 18.3 Å². The van der Waals surface area contributed by atoms with Gasteiger partial charge in [0.2, 0.25) is 5.91 Å². The second-order valence-corrected chi connectivity index (χ2v) is 2.10. The number of nitrogens with one attached hydrogen (secondary N) is 1. The van der Waals surface area contributed by atoms with E-state index in [0.29, 0.717) is 18.0 Å².